The maximum Gasteiger partial charge on any atom is 0.231 e. The first-order chi connectivity index (χ1) is 17.7. The lowest BCUT2D eigenvalue weighted by atomic mass is 9.75. The standard InChI is InChI=1S/C29H40ClN5O2/c1-19-16-24(36)26-25(19)27(33-18-32-26)34-12-14-35(15-13-34)28(37)23(20-4-6-21(30)7-5-20)17-31-22-8-10-29(2,3)11-9-22/h4-7,18-19,22-24,31,36H,8-17H2,1-3H3/t19-,23-,24-/m1/s1. The van der Waals surface area contributed by atoms with Gasteiger partial charge in [0.2, 0.25) is 5.91 Å². The van der Waals surface area contributed by atoms with Gasteiger partial charge in [0.15, 0.2) is 0 Å². The highest BCUT2D eigenvalue weighted by Crippen LogP contribution is 2.43. The highest BCUT2D eigenvalue weighted by atomic mass is 35.5. The number of aliphatic hydroxyl groups is 1. The lowest BCUT2D eigenvalue weighted by molar-refractivity contribution is -0.133. The number of amides is 1. The molecule has 1 saturated carbocycles. The molecule has 200 valence electrons. The number of carbonyl (C=O) groups is 1. The van der Waals surface area contributed by atoms with Gasteiger partial charge in [-0.2, -0.15) is 0 Å². The number of aromatic nitrogens is 2. The van der Waals surface area contributed by atoms with E-state index < -0.39 is 6.10 Å². The Hall–Kier alpha value is -2.22. The Kier molecular flexibility index (Phi) is 7.75. The molecule has 1 aliphatic heterocycles. The van der Waals surface area contributed by atoms with Crippen molar-refractivity contribution < 1.29 is 9.90 Å². The summed E-state index contributed by atoms with van der Waals surface area (Å²) in [6.07, 6.45) is 6.48. The number of anilines is 1. The maximum absolute atomic E-state index is 13.9. The second kappa shape index (κ2) is 10.9. The molecule has 2 fully saturated rings. The number of benzene rings is 1. The number of hydrogen-bond acceptors (Lipinski definition) is 6. The lowest BCUT2D eigenvalue weighted by Crippen LogP contribution is -2.51. The van der Waals surface area contributed by atoms with E-state index in [0.29, 0.717) is 42.5 Å². The van der Waals surface area contributed by atoms with Crippen molar-refractivity contribution in [2.24, 2.45) is 5.41 Å². The van der Waals surface area contributed by atoms with Crippen molar-refractivity contribution in [2.75, 3.05) is 37.6 Å². The maximum atomic E-state index is 13.9. The van der Waals surface area contributed by atoms with Gasteiger partial charge in [-0.25, -0.2) is 9.97 Å². The Bertz CT molecular complexity index is 1090. The molecule has 7 nitrogen and oxygen atoms in total. The summed E-state index contributed by atoms with van der Waals surface area (Å²) < 4.78 is 0. The van der Waals surface area contributed by atoms with Crippen LogP contribution in [0.5, 0.6) is 0 Å². The highest BCUT2D eigenvalue weighted by molar-refractivity contribution is 6.30. The zero-order valence-electron chi connectivity index (χ0n) is 22.3. The Balaban J connectivity index is 1.26. The van der Waals surface area contributed by atoms with Gasteiger partial charge in [-0.15, -0.1) is 0 Å². The van der Waals surface area contributed by atoms with Crippen molar-refractivity contribution in [3.63, 3.8) is 0 Å². The quantitative estimate of drug-likeness (QED) is 0.571. The largest absolute Gasteiger partial charge is 0.387 e. The van der Waals surface area contributed by atoms with E-state index in [-0.39, 0.29) is 17.7 Å². The predicted octanol–water partition coefficient (Wildman–Crippen LogP) is 4.66. The molecule has 3 aliphatic rings. The molecule has 2 aliphatic carbocycles. The van der Waals surface area contributed by atoms with Crippen LogP contribution in [0.25, 0.3) is 0 Å². The second-order valence-corrected chi connectivity index (χ2v) is 12.3. The smallest absolute Gasteiger partial charge is 0.231 e. The van der Waals surface area contributed by atoms with Gasteiger partial charge in [-0.05, 0) is 61.1 Å². The fraction of sp³-hybridized carbons (Fsp3) is 0.621. The van der Waals surface area contributed by atoms with E-state index in [1.165, 1.54) is 12.8 Å². The molecule has 1 amide bonds. The minimum atomic E-state index is -0.516. The summed E-state index contributed by atoms with van der Waals surface area (Å²) in [5.41, 5.74) is 3.25. The third-order valence-electron chi connectivity index (χ3n) is 8.69. The van der Waals surface area contributed by atoms with Crippen molar-refractivity contribution in [1.82, 2.24) is 20.2 Å². The van der Waals surface area contributed by atoms with Crippen LogP contribution in [0.2, 0.25) is 5.02 Å². The summed E-state index contributed by atoms with van der Waals surface area (Å²) >= 11 is 6.16. The summed E-state index contributed by atoms with van der Waals surface area (Å²) in [5, 5.41) is 14.8. The highest BCUT2D eigenvalue weighted by Gasteiger charge is 2.35. The molecule has 1 aromatic carbocycles. The monoisotopic (exact) mass is 525 g/mol. The van der Waals surface area contributed by atoms with E-state index in [4.69, 9.17) is 11.6 Å². The van der Waals surface area contributed by atoms with Crippen LogP contribution in [0, 0.1) is 5.41 Å². The second-order valence-electron chi connectivity index (χ2n) is 11.9. The Morgan fingerprint density at radius 1 is 1.14 bits per heavy atom. The minimum Gasteiger partial charge on any atom is -0.387 e. The normalized spacial score (nSPS) is 24.7. The fourth-order valence-corrected chi connectivity index (χ4v) is 6.37. The average molecular weight is 526 g/mol. The van der Waals surface area contributed by atoms with Gasteiger partial charge in [0.1, 0.15) is 12.1 Å². The molecule has 5 rings (SSSR count). The van der Waals surface area contributed by atoms with E-state index >= 15 is 0 Å². The first-order valence-electron chi connectivity index (χ1n) is 13.8. The molecule has 0 unspecified atom stereocenters. The number of nitrogens with zero attached hydrogens (tertiary/aromatic N) is 4. The molecule has 2 aromatic rings. The minimum absolute atomic E-state index is 0.169. The average Bonchev–Trinajstić information content (AvgIpc) is 3.19. The molecule has 1 saturated heterocycles. The topological polar surface area (TPSA) is 81.6 Å². The van der Waals surface area contributed by atoms with Crippen LogP contribution in [0.4, 0.5) is 5.82 Å². The summed E-state index contributed by atoms with van der Waals surface area (Å²) in [5.74, 6) is 1.07. The summed E-state index contributed by atoms with van der Waals surface area (Å²) in [4.78, 5) is 27.0. The lowest BCUT2D eigenvalue weighted by Gasteiger charge is -2.38. The molecule has 8 heteroatoms. The van der Waals surface area contributed by atoms with Crippen molar-refractivity contribution in [3.8, 4) is 0 Å². The van der Waals surface area contributed by atoms with Gasteiger partial charge in [0.05, 0.1) is 17.7 Å². The zero-order valence-corrected chi connectivity index (χ0v) is 23.0. The molecule has 1 aromatic heterocycles. The van der Waals surface area contributed by atoms with Gasteiger partial charge in [0, 0.05) is 49.4 Å². The van der Waals surface area contributed by atoms with Crippen LogP contribution in [-0.2, 0) is 4.79 Å². The molecule has 37 heavy (non-hydrogen) atoms. The number of carbonyl (C=O) groups excluding carboxylic acids is 1. The first-order valence-corrected chi connectivity index (χ1v) is 14.1. The molecular formula is C29H40ClN5O2. The van der Waals surface area contributed by atoms with Crippen LogP contribution >= 0.6 is 11.6 Å². The Morgan fingerprint density at radius 3 is 2.49 bits per heavy atom. The molecule has 2 N–H and O–H groups in total. The Morgan fingerprint density at radius 2 is 1.81 bits per heavy atom. The zero-order chi connectivity index (χ0) is 26.2. The van der Waals surface area contributed by atoms with Crippen molar-refractivity contribution in [1.29, 1.82) is 0 Å². The van der Waals surface area contributed by atoms with Crippen LogP contribution in [0.15, 0.2) is 30.6 Å². The summed E-state index contributed by atoms with van der Waals surface area (Å²) in [6, 6.07) is 8.20. The van der Waals surface area contributed by atoms with E-state index in [1.807, 2.05) is 29.2 Å². The number of fused-ring (bicyclic) bond motifs is 1. The van der Waals surface area contributed by atoms with E-state index in [1.54, 1.807) is 6.33 Å². The van der Waals surface area contributed by atoms with Gasteiger partial charge < -0.3 is 20.2 Å². The molecule has 0 spiro atoms. The number of aliphatic hydroxyl groups excluding tert-OH is 1. The van der Waals surface area contributed by atoms with Crippen LogP contribution < -0.4 is 10.2 Å². The van der Waals surface area contributed by atoms with Crippen molar-refractivity contribution in [2.45, 2.75) is 76.9 Å². The summed E-state index contributed by atoms with van der Waals surface area (Å²) in [6.45, 7) is 10.2. The van der Waals surface area contributed by atoms with Crippen LogP contribution in [-0.4, -0.2) is 64.6 Å². The molecule has 3 atom stereocenters. The van der Waals surface area contributed by atoms with Crippen molar-refractivity contribution >= 4 is 23.3 Å². The number of rotatable bonds is 6. The third kappa shape index (κ3) is 5.79. The molecular weight excluding hydrogens is 486 g/mol. The van der Waals surface area contributed by atoms with Crippen molar-refractivity contribution in [3.05, 3.63) is 52.4 Å². The van der Waals surface area contributed by atoms with Gasteiger partial charge in [-0.3, -0.25) is 4.79 Å². The molecule has 2 heterocycles. The number of halogens is 1. The first kappa shape index (κ1) is 26.4. The SMILES string of the molecule is C[C@@H]1C[C@@H](O)c2ncnc(N3CCN(C(=O)[C@H](CNC4CCC(C)(C)CC4)c4ccc(Cl)cc4)CC3)c21. The fourth-order valence-electron chi connectivity index (χ4n) is 6.24. The summed E-state index contributed by atoms with van der Waals surface area (Å²) in [7, 11) is 0. The molecule has 0 bridgehead atoms. The number of hydrogen-bond donors (Lipinski definition) is 2. The molecule has 0 radical (unpaired) electrons. The third-order valence-corrected chi connectivity index (χ3v) is 8.94. The number of nitrogens with one attached hydrogen (secondary N) is 1. The van der Waals surface area contributed by atoms with Crippen LogP contribution in [0.1, 0.15) is 87.6 Å². The predicted molar refractivity (Wildman–Crippen MR) is 147 cm³/mol. The number of piperazine rings is 1. The van der Waals surface area contributed by atoms with Gasteiger partial charge >= 0.3 is 0 Å². The van der Waals surface area contributed by atoms with E-state index in [9.17, 15) is 9.90 Å². The Labute approximate surface area is 225 Å². The van der Waals surface area contributed by atoms with E-state index in [2.05, 4.69) is 41.0 Å². The van der Waals surface area contributed by atoms with Gasteiger partial charge in [0.25, 0.3) is 0 Å². The van der Waals surface area contributed by atoms with Gasteiger partial charge in [-0.1, -0.05) is 44.5 Å². The van der Waals surface area contributed by atoms with E-state index in [0.717, 1.165) is 48.6 Å². The van der Waals surface area contributed by atoms with Crippen LogP contribution in [0.3, 0.4) is 0 Å².